The fraction of sp³-hybridized carbons (Fsp3) is 0.182. The largest absolute Gasteiger partial charge is 0.271 e. The van der Waals surface area contributed by atoms with Gasteiger partial charge in [0.15, 0.2) is 5.16 Å². The van der Waals surface area contributed by atoms with Crippen molar-refractivity contribution < 1.29 is 9.72 Å². The first-order valence-corrected chi connectivity index (χ1v) is 10.4. The maximum atomic E-state index is 12.4. The van der Waals surface area contributed by atoms with E-state index in [0.717, 1.165) is 22.1 Å². The third-order valence-electron chi connectivity index (χ3n) is 4.37. The van der Waals surface area contributed by atoms with Crippen molar-refractivity contribution in [1.29, 1.82) is 0 Å². The Hall–Kier alpha value is -3.59. The second-order valence-electron chi connectivity index (χ2n) is 6.86. The van der Waals surface area contributed by atoms with Gasteiger partial charge in [-0.25, -0.2) is 15.4 Å². The van der Waals surface area contributed by atoms with Crippen LogP contribution >= 0.6 is 11.8 Å². The van der Waals surface area contributed by atoms with E-state index in [2.05, 4.69) is 20.5 Å². The molecule has 0 saturated heterocycles. The van der Waals surface area contributed by atoms with Gasteiger partial charge in [0, 0.05) is 34.8 Å². The summed E-state index contributed by atoms with van der Waals surface area (Å²) in [5.41, 5.74) is 7.16. The molecule has 9 heteroatoms. The number of nitro groups is 1. The molecule has 8 nitrogen and oxygen atoms in total. The average molecular weight is 436 g/mol. The third-order valence-corrected chi connectivity index (χ3v) is 5.29. The number of nitrogens with zero attached hydrogens (tertiary/aromatic N) is 4. The molecule has 0 radical (unpaired) electrons. The Kier molecular flexibility index (Phi) is 7.09. The summed E-state index contributed by atoms with van der Waals surface area (Å²) < 4.78 is 0. The van der Waals surface area contributed by atoms with E-state index in [1.807, 2.05) is 32.0 Å². The minimum atomic E-state index is -0.463. The highest BCUT2D eigenvalue weighted by Crippen LogP contribution is 2.20. The van der Waals surface area contributed by atoms with E-state index < -0.39 is 4.92 Å². The molecule has 1 amide bonds. The summed E-state index contributed by atoms with van der Waals surface area (Å²) in [5, 5.41) is 15.5. The topological polar surface area (TPSA) is 110 Å². The van der Waals surface area contributed by atoms with Crippen LogP contribution in [0.25, 0.3) is 0 Å². The van der Waals surface area contributed by atoms with Crippen molar-refractivity contribution in [1.82, 2.24) is 15.4 Å². The van der Waals surface area contributed by atoms with Crippen LogP contribution in [0.15, 0.2) is 64.9 Å². The fourth-order valence-electron chi connectivity index (χ4n) is 2.75. The highest BCUT2D eigenvalue weighted by atomic mass is 32.2. The zero-order valence-electron chi connectivity index (χ0n) is 17.3. The quantitative estimate of drug-likeness (QED) is 0.193. The van der Waals surface area contributed by atoms with Gasteiger partial charge in [0.1, 0.15) is 0 Å². The number of hydrazone groups is 1. The number of rotatable bonds is 7. The molecule has 3 rings (SSSR count). The molecule has 0 aliphatic carbocycles. The predicted molar refractivity (Wildman–Crippen MR) is 120 cm³/mol. The number of thioether (sulfide) groups is 1. The molecule has 0 aliphatic heterocycles. The van der Waals surface area contributed by atoms with E-state index in [4.69, 9.17) is 0 Å². The lowest BCUT2D eigenvalue weighted by molar-refractivity contribution is -0.384. The first-order chi connectivity index (χ1) is 14.8. The number of aromatic nitrogens is 2. The molecule has 1 heterocycles. The second-order valence-corrected chi connectivity index (χ2v) is 7.80. The molecule has 0 fully saturated rings. The van der Waals surface area contributed by atoms with Gasteiger partial charge in [0.25, 0.3) is 11.6 Å². The summed E-state index contributed by atoms with van der Waals surface area (Å²) in [5.74, 6) is 0.362. The molecule has 1 N–H and O–H groups in total. The molecule has 158 valence electrons. The number of hydrogen-bond acceptors (Lipinski definition) is 7. The molecule has 0 aliphatic rings. The van der Waals surface area contributed by atoms with Crippen molar-refractivity contribution >= 4 is 29.1 Å². The van der Waals surface area contributed by atoms with E-state index in [-0.39, 0.29) is 11.6 Å². The number of aryl methyl sites for hydroxylation is 2. The van der Waals surface area contributed by atoms with Crippen molar-refractivity contribution in [3.8, 4) is 0 Å². The molecule has 2 aromatic carbocycles. The van der Waals surface area contributed by atoms with E-state index in [9.17, 15) is 14.9 Å². The number of non-ortho nitro benzene ring substituents is 1. The van der Waals surface area contributed by atoms with Gasteiger partial charge in [-0.15, -0.1) is 0 Å². The van der Waals surface area contributed by atoms with Gasteiger partial charge in [-0.05, 0) is 62.2 Å². The number of nitro benzene ring substituents is 1. The van der Waals surface area contributed by atoms with Gasteiger partial charge in [0.2, 0.25) is 0 Å². The Morgan fingerprint density at radius 2 is 1.61 bits per heavy atom. The molecule has 0 bridgehead atoms. The Bertz CT molecular complexity index is 1110. The molecule has 0 unspecified atom stereocenters. The van der Waals surface area contributed by atoms with Crippen LogP contribution in [0.5, 0.6) is 0 Å². The first-order valence-electron chi connectivity index (χ1n) is 9.45. The number of carbonyl (C=O) groups is 1. The molecule has 1 aromatic heterocycles. The van der Waals surface area contributed by atoms with Crippen LogP contribution in [0.3, 0.4) is 0 Å². The first kappa shape index (κ1) is 22.1. The highest BCUT2D eigenvalue weighted by Gasteiger charge is 2.08. The molecule has 3 aromatic rings. The summed E-state index contributed by atoms with van der Waals surface area (Å²) in [6, 6.07) is 15.2. The van der Waals surface area contributed by atoms with Crippen LogP contribution < -0.4 is 5.43 Å². The predicted octanol–water partition coefficient (Wildman–Crippen LogP) is 4.45. The summed E-state index contributed by atoms with van der Waals surface area (Å²) in [6.45, 7) is 5.60. The van der Waals surface area contributed by atoms with Crippen LogP contribution in [0.1, 0.15) is 39.8 Å². The van der Waals surface area contributed by atoms with Crippen LogP contribution in [0.4, 0.5) is 5.69 Å². The van der Waals surface area contributed by atoms with Crippen LogP contribution in [0.2, 0.25) is 0 Å². The summed E-state index contributed by atoms with van der Waals surface area (Å²) in [4.78, 5) is 31.4. The number of amides is 1. The lowest BCUT2D eigenvalue weighted by atomic mass is 10.1. The van der Waals surface area contributed by atoms with Gasteiger partial charge >= 0.3 is 0 Å². The summed E-state index contributed by atoms with van der Waals surface area (Å²) in [6.07, 6.45) is 0. The zero-order chi connectivity index (χ0) is 22.4. The van der Waals surface area contributed by atoms with E-state index in [1.54, 1.807) is 43.0 Å². The molecule has 0 spiro atoms. The molecule has 0 saturated carbocycles. The molecule has 31 heavy (non-hydrogen) atoms. The van der Waals surface area contributed by atoms with Gasteiger partial charge < -0.3 is 0 Å². The van der Waals surface area contributed by atoms with Gasteiger partial charge in [0.05, 0.1) is 10.6 Å². The minimum absolute atomic E-state index is 0.00272. The molecular formula is C22H21N5O3S. The van der Waals surface area contributed by atoms with E-state index in [0.29, 0.717) is 22.6 Å². The number of hydrogen-bond donors (Lipinski definition) is 1. The lowest BCUT2D eigenvalue weighted by Gasteiger charge is -2.05. The van der Waals surface area contributed by atoms with E-state index in [1.165, 1.54) is 12.1 Å². The van der Waals surface area contributed by atoms with Crippen molar-refractivity contribution in [2.45, 2.75) is 31.7 Å². The zero-order valence-corrected chi connectivity index (χ0v) is 18.1. The SMILES string of the molecule is C/C(=N\NC(=O)c1ccc(CSc2nc(C)cc(C)n2)cc1)c1ccc([N+](=O)[O-])cc1. The standard InChI is InChI=1S/C22H21N5O3S/c1-14-12-15(2)24-22(23-14)31-13-17-4-6-19(7-5-17)21(28)26-25-16(3)18-8-10-20(11-9-18)27(29)30/h4-12H,13H2,1-3H3,(H,26,28)/b25-16+. The number of nitrogens with one attached hydrogen (secondary N) is 1. The average Bonchev–Trinajstić information content (AvgIpc) is 2.75. The Balaban J connectivity index is 1.58. The second kappa shape index (κ2) is 9.94. The smallest absolute Gasteiger partial charge is 0.267 e. The monoisotopic (exact) mass is 435 g/mol. The van der Waals surface area contributed by atoms with Crippen molar-refractivity contribution in [2.24, 2.45) is 5.10 Å². The maximum Gasteiger partial charge on any atom is 0.271 e. The Morgan fingerprint density at radius 1 is 1.03 bits per heavy atom. The van der Waals surface area contributed by atoms with Crippen molar-refractivity contribution in [3.05, 3.63) is 92.8 Å². The third kappa shape index (κ3) is 6.19. The van der Waals surface area contributed by atoms with Gasteiger partial charge in [-0.3, -0.25) is 14.9 Å². The molecular weight excluding hydrogens is 414 g/mol. The van der Waals surface area contributed by atoms with Crippen molar-refractivity contribution in [3.63, 3.8) is 0 Å². The van der Waals surface area contributed by atoms with Crippen LogP contribution in [0, 0.1) is 24.0 Å². The maximum absolute atomic E-state index is 12.4. The van der Waals surface area contributed by atoms with E-state index >= 15 is 0 Å². The van der Waals surface area contributed by atoms with Gasteiger partial charge in [-0.1, -0.05) is 23.9 Å². The number of benzene rings is 2. The summed E-state index contributed by atoms with van der Waals surface area (Å²) in [7, 11) is 0. The summed E-state index contributed by atoms with van der Waals surface area (Å²) >= 11 is 1.54. The Morgan fingerprint density at radius 3 is 2.19 bits per heavy atom. The fourth-order valence-corrected chi connectivity index (χ4v) is 3.65. The van der Waals surface area contributed by atoms with Crippen LogP contribution in [-0.4, -0.2) is 26.5 Å². The van der Waals surface area contributed by atoms with Crippen molar-refractivity contribution in [2.75, 3.05) is 0 Å². The number of carbonyl (C=O) groups excluding carboxylic acids is 1. The van der Waals surface area contributed by atoms with Gasteiger partial charge in [-0.2, -0.15) is 5.10 Å². The Labute approximate surface area is 184 Å². The minimum Gasteiger partial charge on any atom is -0.267 e. The lowest BCUT2D eigenvalue weighted by Crippen LogP contribution is -2.19. The van der Waals surface area contributed by atoms with Crippen LogP contribution in [-0.2, 0) is 5.75 Å². The molecule has 0 atom stereocenters. The highest BCUT2D eigenvalue weighted by molar-refractivity contribution is 7.98. The normalized spacial score (nSPS) is 11.3.